The Morgan fingerprint density at radius 2 is 1.88 bits per heavy atom. The van der Waals surface area contributed by atoms with Crippen molar-refractivity contribution in [2.75, 3.05) is 13.2 Å². The molecule has 1 saturated heterocycles. The summed E-state index contributed by atoms with van der Waals surface area (Å²) in [6.45, 7) is 7.18. The van der Waals surface area contributed by atoms with Gasteiger partial charge in [0.05, 0.1) is 23.2 Å². The van der Waals surface area contributed by atoms with Gasteiger partial charge in [-0.15, -0.1) is 0 Å². The van der Waals surface area contributed by atoms with Crippen LogP contribution in [0.3, 0.4) is 0 Å². The molecule has 1 atom stereocenters. The van der Waals surface area contributed by atoms with Gasteiger partial charge in [-0.25, -0.2) is 0 Å². The summed E-state index contributed by atoms with van der Waals surface area (Å²) in [6, 6.07) is 11.5. The Kier molecular flexibility index (Phi) is 4.78. The molecule has 0 bridgehead atoms. The van der Waals surface area contributed by atoms with Gasteiger partial charge in [0, 0.05) is 11.6 Å². The van der Waals surface area contributed by atoms with Crippen LogP contribution in [-0.4, -0.2) is 30.0 Å². The van der Waals surface area contributed by atoms with Crippen molar-refractivity contribution in [1.82, 2.24) is 0 Å². The maximum Gasteiger partial charge on any atom is 0.273 e. The first-order valence-corrected chi connectivity index (χ1v) is 8.44. The third-order valence-electron chi connectivity index (χ3n) is 4.26. The molecule has 1 fully saturated rings. The summed E-state index contributed by atoms with van der Waals surface area (Å²) in [4.78, 5) is 23.4. The van der Waals surface area contributed by atoms with E-state index in [2.05, 4.69) is 20.8 Å². The maximum atomic E-state index is 12.9. The van der Waals surface area contributed by atoms with E-state index in [1.165, 1.54) is 18.2 Å². The van der Waals surface area contributed by atoms with Crippen LogP contribution < -0.4 is 4.74 Å². The van der Waals surface area contributed by atoms with Crippen LogP contribution in [-0.2, 0) is 10.2 Å². The van der Waals surface area contributed by atoms with Gasteiger partial charge in [-0.05, 0) is 17.0 Å². The Bertz CT molecular complexity index is 832. The van der Waals surface area contributed by atoms with Crippen molar-refractivity contribution in [3.05, 3.63) is 69.3 Å². The van der Waals surface area contributed by atoms with Gasteiger partial charge in [-0.2, -0.15) is 0 Å². The van der Waals surface area contributed by atoms with E-state index < -0.39 is 4.92 Å². The second-order valence-corrected chi connectivity index (χ2v) is 7.36. The molecule has 2 aromatic carbocycles. The molecule has 0 radical (unpaired) electrons. The zero-order chi connectivity index (χ0) is 18.9. The van der Waals surface area contributed by atoms with Crippen LogP contribution in [0.15, 0.2) is 42.5 Å². The number of hydrogen-bond acceptors (Lipinski definition) is 5. The molecule has 136 valence electrons. The van der Waals surface area contributed by atoms with Gasteiger partial charge in [0.25, 0.3) is 5.69 Å². The van der Waals surface area contributed by atoms with Crippen molar-refractivity contribution in [1.29, 1.82) is 0 Å². The van der Waals surface area contributed by atoms with Crippen LogP contribution in [0.5, 0.6) is 5.75 Å². The summed E-state index contributed by atoms with van der Waals surface area (Å²) >= 11 is 0. The molecular formula is C20H21NO5. The van der Waals surface area contributed by atoms with Crippen LogP contribution in [0.2, 0.25) is 0 Å². The number of hydrogen-bond donors (Lipinski definition) is 0. The van der Waals surface area contributed by atoms with Gasteiger partial charge in [-0.3, -0.25) is 14.9 Å². The smallest absolute Gasteiger partial charge is 0.273 e. The van der Waals surface area contributed by atoms with E-state index in [1.54, 1.807) is 12.1 Å². The summed E-state index contributed by atoms with van der Waals surface area (Å²) in [6.07, 6.45) is -0.0108. The first kappa shape index (κ1) is 18.1. The monoisotopic (exact) mass is 355 g/mol. The number of ether oxygens (including phenoxy) is 2. The van der Waals surface area contributed by atoms with E-state index in [1.807, 2.05) is 12.1 Å². The van der Waals surface area contributed by atoms with Gasteiger partial charge < -0.3 is 9.47 Å². The number of rotatable bonds is 6. The molecule has 6 heteroatoms. The zero-order valence-corrected chi connectivity index (χ0v) is 15.0. The highest BCUT2D eigenvalue weighted by molar-refractivity contribution is 6.10. The number of epoxide rings is 1. The SMILES string of the molecule is CC(C)(C)c1ccc(C(=O)c2ccc([N+](=O)[O-])cc2OCC2CO2)cc1. The van der Waals surface area contributed by atoms with Crippen molar-refractivity contribution in [3.8, 4) is 5.75 Å². The van der Waals surface area contributed by atoms with Crippen LogP contribution in [0, 0.1) is 10.1 Å². The number of non-ortho nitro benzene ring substituents is 1. The Labute approximate surface area is 151 Å². The molecule has 0 spiro atoms. The molecular weight excluding hydrogens is 334 g/mol. The molecule has 1 aliphatic heterocycles. The van der Waals surface area contributed by atoms with E-state index in [0.717, 1.165) is 5.56 Å². The average Bonchev–Trinajstić information content (AvgIpc) is 3.43. The van der Waals surface area contributed by atoms with E-state index >= 15 is 0 Å². The fourth-order valence-electron chi connectivity index (χ4n) is 2.56. The molecule has 26 heavy (non-hydrogen) atoms. The summed E-state index contributed by atoms with van der Waals surface area (Å²) < 4.78 is 10.7. The molecule has 2 aromatic rings. The molecule has 1 heterocycles. The third kappa shape index (κ3) is 4.08. The van der Waals surface area contributed by atoms with Crippen molar-refractivity contribution < 1.29 is 19.2 Å². The number of carbonyl (C=O) groups excluding carboxylic acids is 1. The molecule has 3 rings (SSSR count). The lowest BCUT2D eigenvalue weighted by Gasteiger charge is -2.19. The minimum Gasteiger partial charge on any atom is -0.490 e. The van der Waals surface area contributed by atoms with Gasteiger partial charge in [0.2, 0.25) is 0 Å². The van der Waals surface area contributed by atoms with E-state index in [4.69, 9.17) is 9.47 Å². The quantitative estimate of drug-likeness (QED) is 0.340. The zero-order valence-electron chi connectivity index (χ0n) is 15.0. The number of nitrogens with zero attached hydrogens (tertiary/aromatic N) is 1. The molecule has 1 aliphatic rings. The number of nitro benzene ring substituents is 1. The van der Waals surface area contributed by atoms with Gasteiger partial charge in [0.1, 0.15) is 18.5 Å². The minimum absolute atomic E-state index is 0.00648. The van der Waals surface area contributed by atoms with Gasteiger partial charge >= 0.3 is 0 Å². The van der Waals surface area contributed by atoms with Crippen molar-refractivity contribution in [3.63, 3.8) is 0 Å². The van der Waals surface area contributed by atoms with Crippen molar-refractivity contribution in [2.45, 2.75) is 32.3 Å². The number of carbonyl (C=O) groups is 1. The Balaban J connectivity index is 1.90. The lowest BCUT2D eigenvalue weighted by molar-refractivity contribution is -0.384. The number of ketones is 1. The van der Waals surface area contributed by atoms with E-state index in [-0.39, 0.29) is 35.3 Å². The van der Waals surface area contributed by atoms with Crippen LogP contribution in [0.25, 0.3) is 0 Å². The van der Waals surface area contributed by atoms with Crippen molar-refractivity contribution in [2.24, 2.45) is 0 Å². The first-order valence-electron chi connectivity index (χ1n) is 8.44. The van der Waals surface area contributed by atoms with E-state index in [0.29, 0.717) is 17.7 Å². The number of nitro groups is 1. The summed E-state index contributed by atoms with van der Waals surface area (Å²) in [5.41, 5.74) is 1.82. The Morgan fingerprint density at radius 1 is 1.23 bits per heavy atom. The standard InChI is InChI=1S/C20H21NO5/c1-20(2,3)14-6-4-13(5-7-14)19(22)17-9-8-15(21(23)24)10-18(17)26-12-16-11-25-16/h4-10,16H,11-12H2,1-3H3. The third-order valence-corrected chi connectivity index (χ3v) is 4.26. The first-order chi connectivity index (χ1) is 12.3. The fraction of sp³-hybridized carbons (Fsp3) is 0.350. The molecule has 0 amide bonds. The molecule has 0 aliphatic carbocycles. The second kappa shape index (κ2) is 6.88. The van der Waals surface area contributed by atoms with Crippen LogP contribution in [0.1, 0.15) is 42.3 Å². The molecule has 0 aromatic heterocycles. The fourth-order valence-corrected chi connectivity index (χ4v) is 2.56. The van der Waals surface area contributed by atoms with Crippen LogP contribution >= 0.6 is 0 Å². The normalized spacial score (nSPS) is 16.2. The predicted octanol–water partition coefficient (Wildman–Crippen LogP) is 3.90. The van der Waals surface area contributed by atoms with Gasteiger partial charge in [-0.1, -0.05) is 45.0 Å². The van der Waals surface area contributed by atoms with E-state index in [9.17, 15) is 14.9 Å². The lowest BCUT2D eigenvalue weighted by atomic mass is 9.86. The van der Waals surface area contributed by atoms with Crippen molar-refractivity contribution >= 4 is 11.5 Å². The summed E-state index contributed by atoms with van der Waals surface area (Å²) in [5, 5.41) is 11.0. The van der Waals surface area contributed by atoms with Crippen LogP contribution in [0.4, 0.5) is 5.69 Å². The molecule has 0 N–H and O–H groups in total. The van der Waals surface area contributed by atoms with Gasteiger partial charge in [0.15, 0.2) is 5.78 Å². The highest BCUT2D eigenvalue weighted by Gasteiger charge is 2.25. The minimum atomic E-state index is -0.507. The summed E-state index contributed by atoms with van der Waals surface area (Å²) in [5.74, 6) is -0.0216. The lowest BCUT2D eigenvalue weighted by Crippen LogP contribution is -2.12. The predicted molar refractivity (Wildman–Crippen MR) is 96.9 cm³/mol. The number of benzene rings is 2. The average molecular weight is 355 g/mol. The topological polar surface area (TPSA) is 82.0 Å². The Morgan fingerprint density at radius 3 is 2.42 bits per heavy atom. The maximum absolute atomic E-state index is 12.9. The highest BCUT2D eigenvalue weighted by Crippen LogP contribution is 2.29. The highest BCUT2D eigenvalue weighted by atomic mass is 16.6. The summed E-state index contributed by atoms with van der Waals surface area (Å²) in [7, 11) is 0. The largest absolute Gasteiger partial charge is 0.490 e. The molecule has 1 unspecified atom stereocenters. The second-order valence-electron chi connectivity index (χ2n) is 7.36. The molecule has 0 saturated carbocycles. The molecule has 6 nitrogen and oxygen atoms in total. The Hall–Kier alpha value is -2.73.